The van der Waals surface area contributed by atoms with E-state index in [-0.39, 0.29) is 0 Å². The van der Waals surface area contributed by atoms with Gasteiger partial charge in [0, 0.05) is 0 Å². The molecule has 0 heterocycles. The fourth-order valence-electron chi connectivity index (χ4n) is 1.39. The van der Waals surface area contributed by atoms with Gasteiger partial charge in [0.05, 0.1) is 18.6 Å². The molecule has 0 bridgehead atoms. The van der Waals surface area contributed by atoms with Crippen molar-refractivity contribution in [2.75, 3.05) is 6.61 Å². The Balaban J connectivity index is 2.55. The molecule has 0 aliphatic rings. The molecule has 1 rings (SSSR count). The highest BCUT2D eigenvalue weighted by atomic mass is 19.4. The maximum absolute atomic E-state index is 11.9. The van der Waals surface area contributed by atoms with E-state index in [1.54, 1.807) is 37.3 Å². The molecule has 0 saturated carbocycles. The summed E-state index contributed by atoms with van der Waals surface area (Å²) in [4.78, 5) is 11.4. The molecule has 0 atom stereocenters. The van der Waals surface area contributed by atoms with Gasteiger partial charge in [0.1, 0.15) is 0 Å². The summed E-state index contributed by atoms with van der Waals surface area (Å²) in [5, 5.41) is 0. The fraction of sp³-hybridized carbons (Fsp3) is 0.267. The molecule has 0 saturated heterocycles. The number of halogens is 3. The van der Waals surface area contributed by atoms with Crippen LogP contribution in [0, 0.1) is 0 Å². The zero-order chi connectivity index (χ0) is 15.0. The first kappa shape index (κ1) is 16.0. The molecule has 20 heavy (non-hydrogen) atoms. The van der Waals surface area contributed by atoms with Crippen molar-refractivity contribution in [2.45, 2.75) is 19.5 Å². The first-order chi connectivity index (χ1) is 9.42. The summed E-state index contributed by atoms with van der Waals surface area (Å²) in [5.41, 5.74) is 1.23. The van der Waals surface area contributed by atoms with E-state index in [0.717, 1.165) is 11.6 Å². The largest absolute Gasteiger partial charge is 0.462 e. The van der Waals surface area contributed by atoms with Crippen LogP contribution < -0.4 is 0 Å². The number of benzene rings is 1. The Morgan fingerprint density at radius 3 is 2.40 bits per heavy atom. The molecule has 0 N–H and O–H groups in total. The number of esters is 1. The van der Waals surface area contributed by atoms with Crippen LogP contribution in [0.3, 0.4) is 0 Å². The van der Waals surface area contributed by atoms with Crippen molar-refractivity contribution in [1.82, 2.24) is 0 Å². The molecule has 1 aromatic rings. The van der Waals surface area contributed by atoms with E-state index in [4.69, 9.17) is 4.74 Å². The van der Waals surface area contributed by atoms with Gasteiger partial charge < -0.3 is 4.74 Å². The number of carbonyl (C=O) groups excluding carboxylic acids is 1. The molecular formula is C15H15F3O2. The quantitative estimate of drug-likeness (QED) is 0.592. The second-order valence-electron chi connectivity index (χ2n) is 3.95. The minimum Gasteiger partial charge on any atom is -0.462 e. The summed E-state index contributed by atoms with van der Waals surface area (Å²) in [5.74, 6) is -0.395. The lowest BCUT2D eigenvalue weighted by Gasteiger charge is -2.01. The zero-order valence-corrected chi connectivity index (χ0v) is 11.0. The molecule has 0 aromatic heterocycles. The first-order valence-electron chi connectivity index (χ1n) is 6.09. The summed E-state index contributed by atoms with van der Waals surface area (Å²) < 4.78 is 40.4. The van der Waals surface area contributed by atoms with Gasteiger partial charge in [-0.05, 0) is 24.6 Å². The van der Waals surface area contributed by atoms with E-state index in [2.05, 4.69) is 0 Å². The molecular weight excluding hydrogens is 269 g/mol. The summed E-state index contributed by atoms with van der Waals surface area (Å²) in [6.07, 6.45) is 0.438. The van der Waals surface area contributed by atoms with Crippen molar-refractivity contribution >= 4 is 12.0 Å². The lowest BCUT2D eigenvalue weighted by atomic mass is 10.1. The normalized spacial score (nSPS) is 12.2. The molecule has 0 amide bonds. The number of allylic oxidation sites excluding steroid dienone is 3. The maximum Gasteiger partial charge on any atom is 0.392 e. The van der Waals surface area contributed by atoms with Crippen LogP contribution in [0.1, 0.15) is 29.3 Å². The molecule has 0 unspecified atom stereocenters. The minimum absolute atomic E-state index is 0.310. The Morgan fingerprint density at radius 1 is 1.20 bits per heavy atom. The minimum atomic E-state index is -4.17. The van der Waals surface area contributed by atoms with Gasteiger partial charge in [0.15, 0.2) is 0 Å². The van der Waals surface area contributed by atoms with E-state index in [1.165, 1.54) is 12.2 Å². The monoisotopic (exact) mass is 284 g/mol. The van der Waals surface area contributed by atoms with Crippen LogP contribution in [0.4, 0.5) is 13.2 Å². The van der Waals surface area contributed by atoms with Gasteiger partial charge in [-0.15, -0.1) is 0 Å². The van der Waals surface area contributed by atoms with Gasteiger partial charge in [-0.2, -0.15) is 13.2 Å². The lowest BCUT2D eigenvalue weighted by Crippen LogP contribution is -2.04. The Hall–Kier alpha value is -2.04. The van der Waals surface area contributed by atoms with Crippen molar-refractivity contribution < 1.29 is 22.7 Å². The average Bonchev–Trinajstić information content (AvgIpc) is 2.38. The SMILES string of the molecule is CCOC(=O)c1ccc(/C=C/C=CCC(F)(F)F)cc1. The molecule has 2 nitrogen and oxygen atoms in total. The van der Waals surface area contributed by atoms with Gasteiger partial charge in [0.2, 0.25) is 0 Å². The predicted molar refractivity (Wildman–Crippen MR) is 71.2 cm³/mol. The maximum atomic E-state index is 11.9. The van der Waals surface area contributed by atoms with E-state index < -0.39 is 18.6 Å². The van der Waals surface area contributed by atoms with Crippen molar-refractivity contribution in [3.63, 3.8) is 0 Å². The van der Waals surface area contributed by atoms with Crippen LogP contribution in [0.15, 0.2) is 42.5 Å². The topological polar surface area (TPSA) is 26.3 Å². The van der Waals surface area contributed by atoms with E-state index in [9.17, 15) is 18.0 Å². The Labute approximate surface area is 115 Å². The average molecular weight is 284 g/mol. The summed E-state index contributed by atoms with van der Waals surface area (Å²) in [6.45, 7) is 2.03. The van der Waals surface area contributed by atoms with Crippen molar-refractivity contribution in [2.24, 2.45) is 0 Å². The van der Waals surface area contributed by atoms with Crippen LogP contribution in [0.2, 0.25) is 0 Å². The predicted octanol–water partition coefficient (Wildman–Crippen LogP) is 4.39. The van der Waals surface area contributed by atoms with E-state index >= 15 is 0 Å². The summed E-state index contributed by atoms with van der Waals surface area (Å²) in [7, 11) is 0. The molecule has 0 fully saturated rings. The highest BCUT2D eigenvalue weighted by molar-refractivity contribution is 5.89. The lowest BCUT2D eigenvalue weighted by molar-refractivity contribution is -0.125. The van der Waals surface area contributed by atoms with Crippen LogP contribution in [0.5, 0.6) is 0 Å². The summed E-state index contributed by atoms with van der Waals surface area (Å²) in [6, 6.07) is 6.61. The van der Waals surface area contributed by atoms with Gasteiger partial charge in [-0.3, -0.25) is 0 Å². The second kappa shape index (κ2) is 7.53. The molecule has 108 valence electrons. The van der Waals surface area contributed by atoms with Gasteiger partial charge >= 0.3 is 12.1 Å². The second-order valence-corrected chi connectivity index (χ2v) is 3.95. The number of hydrogen-bond donors (Lipinski definition) is 0. The molecule has 1 aromatic carbocycles. The first-order valence-corrected chi connectivity index (χ1v) is 6.09. The highest BCUT2D eigenvalue weighted by Gasteiger charge is 2.24. The van der Waals surface area contributed by atoms with Crippen LogP contribution >= 0.6 is 0 Å². The third-order valence-corrected chi connectivity index (χ3v) is 2.31. The smallest absolute Gasteiger partial charge is 0.392 e. The number of alkyl halides is 3. The third kappa shape index (κ3) is 6.22. The Bertz CT molecular complexity index is 485. The number of carbonyl (C=O) groups is 1. The fourth-order valence-corrected chi connectivity index (χ4v) is 1.39. The number of ether oxygens (including phenoxy) is 1. The van der Waals surface area contributed by atoms with Gasteiger partial charge in [-0.25, -0.2) is 4.79 Å². The summed E-state index contributed by atoms with van der Waals surface area (Å²) >= 11 is 0. The third-order valence-electron chi connectivity index (χ3n) is 2.31. The Kier molecular flexibility index (Phi) is 6.03. The molecule has 5 heteroatoms. The Morgan fingerprint density at radius 2 is 1.85 bits per heavy atom. The van der Waals surface area contributed by atoms with Crippen LogP contribution in [0.25, 0.3) is 6.08 Å². The van der Waals surface area contributed by atoms with Crippen molar-refractivity contribution in [3.8, 4) is 0 Å². The molecule has 0 aliphatic heterocycles. The van der Waals surface area contributed by atoms with Gasteiger partial charge in [-0.1, -0.05) is 36.4 Å². The molecule has 0 spiro atoms. The van der Waals surface area contributed by atoms with Crippen LogP contribution in [-0.4, -0.2) is 18.8 Å². The number of rotatable bonds is 5. The van der Waals surface area contributed by atoms with Crippen LogP contribution in [-0.2, 0) is 4.74 Å². The van der Waals surface area contributed by atoms with E-state index in [1.807, 2.05) is 0 Å². The van der Waals surface area contributed by atoms with Crippen molar-refractivity contribution in [3.05, 3.63) is 53.6 Å². The van der Waals surface area contributed by atoms with Crippen molar-refractivity contribution in [1.29, 1.82) is 0 Å². The molecule has 0 aliphatic carbocycles. The van der Waals surface area contributed by atoms with E-state index in [0.29, 0.717) is 12.2 Å². The highest BCUT2D eigenvalue weighted by Crippen LogP contribution is 2.19. The number of hydrogen-bond acceptors (Lipinski definition) is 2. The standard InChI is InChI=1S/C15H15F3O2/c1-2-20-14(19)13-9-7-12(8-10-13)6-4-3-5-11-15(16,17)18/h3-10H,2,11H2,1H3/b5-3?,6-4+. The molecule has 0 radical (unpaired) electrons. The zero-order valence-electron chi connectivity index (χ0n) is 11.0. The van der Waals surface area contributed by atoms with Gasteiger partial charge in [0.25, 0.3) is 0 Å².